The predicted octanol–water partition coefficient (Wildman–Crippen LogP) is 4.08. The van der Waals surface area contributed by atoms with E-state index >= 15 is 0 Å². The lowest BCUT2D eigenvalue weighted by molar-refractivity contribution is 0.243. The second-order valence-corrected chi connectivity index (χ2v) is 8.18. The molecule has 0 saturated carbocycles. The lowest BCUT2D eigenvalue weighted by Gasteiger charge is -2.39. The maximum Gasteiger partial charge on any atom is 0.181 e. The van der Waals surface area contributed by atoms with Crippen molar-refractivity contribution in [3.05, 3.63) is 42.2 Å². The molecule has 136 valence electrons. The lowest BCUT2D eigenvalue weighted by atomic mass is 9.73. The number of nitrogens with one attached hydrogen (secondary N) is 2. The van der Waals surface area contributed by atoms with Crippen LogP contribution in [0.15, 0.2) is 36.5 Å². The van der Waals surface area contributed by atoms with Gasteiger partial charge in [-0.3, -0.25) is 10.1 Å². The highest BCUT2D eigenvalue weighted by Crippen LogP contribution is 2.36. The van der Waals surface area contributed by atoms with Crippen LogP contribution in [0.4, 0.5) is 0 Å². The molecule has 1 aliphatic heterocycles. The Kier molecular flexibility index (Phi) is 4.49. The number of pyridine rings is 2. The second kappa shape index (κ2) is 6.80. The van der Waals surface area contributed by atoms with Gasteiger partial charge in [0.05, 0.1) is 11.4 Å². The Bertz CT molecular complexity index is 900. The number of H-pyrrole nitrogens is 1. The van der Waals surface area contributed by atoms with E-state index in [1.54, 1.807) is 6.20 Å². The van der Waals surface area contributed by atoms with Gasteiger partial charge in [0.15, 0.2) is 5.65 Å². The van der Waals surface area contributed by atoms with Crippen LogP contribution < -0.4 is 5.32 Å². The van der Waals surface area contributed by atoms with Gasteiger partial charge in [0.1, 0.15) is 0 Å². The number of aromatic nitrogens is 4. The van der Waals surface area contributed by atoms with Crippen LogP contribution in [-0.4, -0.2) is 32.8 Å². The minimum Gasteiger partial charge on any atom is -0.314 e. The first kappa shape index (κ1) is 17.2. The maximum absolute atomic E-state index is 5.05. The largest absolute Gasteiger partial charge is 0.314 e. The molecule has 2 N–H and O–H groups in total. The first-order valence-corrected chi connectivity index (χ1v) is 9.55. The third-order valence-corrected chi connectivity index (χ3v) is 5.52. The molecule has 3 aromatic rings. The van der Waals surface area contributed by atoms with Crippen LogP contribution in [0.1, 0.15) is 45.7 Å². The van der Waals surface area contributed by atoms with Crippen molar-refractivity contribution in [3.63, 3.8) is 0 Å². The third kappa shape index (κ3) is 3.23. The fraction of sp³-hybridized carbons (Fsp3) is 0.476. The van der Waals surface area contributed by atoms with E-state index in [4.69, 9.17) is 4.98 Å². The molecule has 1 fully saturated rings. The lowest BCUT2D eigenvalue weighted by Crippen LogP contribution is -2.45. The summed E-state index contributed by atoms with van der Waals surface area (Å²) < 4.78 is 0. The van der Waals surface area contributed by atoms with Crippen molar-refractivity contribution >= 4 is 11.0 Å². The zero-order chi connectivity index (χ0) is 18.1. The van der Waals surface area contributed by atoms with Crippen molar-refractivity contribution in [2.24, 2.45) is 5.92 Å². The van der Waals surface area contributed by atoms with E-state index in [2.05, 4.69) is 59.5 Å². The average molecular weight is 349 g/mol. The number of hydrogen-bond acceptors (Lipinski definition) is 4. The molecule has 0 radical (unpaired) electrons. The fourth-order valence-corrected chi connectivity index (χ4v) is 4.19. The topological polar surface area (TPSA) is 66.5 Å². The summed E-state index contributed by atoms with van der Waals surface area (Å²) in [6, 6.07) is 10.9. The highest BCUT2D eigenvalue weighted by molar-refractivity contribution is 5.89. The number of fused-ring (bicyclic) bond motifs is 1. The first-order valence-electron chi connectivity index (χ1n) is 9.55. The highest BCUT2D eigenvalue weighted by atomic mass is 15.2. The molecule has 0 aromatic carbocycles. The molecule has 0 bridgehead atoms. The van der Waals surface area contributed by atoms with Crippen molar-refractivity contribution in [3.8, 4) is 11.4 Å². The van der Waals surface area contributed by atoms with Crippen molar-refractivity contribution in [2.75, 3.05) is 6.54 Å². The van der Waals surface area contributed by atoms with Crippen LogP contribution in [0, 0.1) is 5.92 Å². The van der Waals surface area contributed by atoms with Gasteiger partial charge >= 0.3 is 0 Å². The van der Waals surface area contributed by atoms with Gasteiger partial charge in [0.25, 0.3) is 0 Å². The van der Waals surface area contributed by atoms with Crippen molar-refractivity contribution in [2.45, 2.75) is 51.5 Å². The first-order chi connectivity index (χ1) is 12.5. The summed E-state index contributed by atoms with van der Waals surface area (Å²) in [5.74, 6) is 0.706. The molecular formula is C21H27N5. The van der Waals surface area contributed by atoms with Crippen LogP contribution in [0.2, 0.25) is 0 Å². The zero-order valence-electron chi connectivity index (χ0n) is 15.8. The molecule has 3 aromatic heterocycles. The maximum atomic E-state index is 5.05. The van der Waals surface area contributed by atoms with Gasteiger partial charge < -0.3 is 5.32 Å². The summed E-state index contributed by atoms with van der Waals surface area (Å²) in [7, 11) is 0. The molecule has 0 aliphatic carbocycles. The summed E-state index contributed by atoms with van der Waals surface area (Å²) in [5.41, 5.74) is 3.91. The summed E-state index contributed by atoms with van der Waals surface area (Å²) >= 11 is 0. The summed E-state index contributed by atoms with van der Waals surface area (Å²) in [6.45, 7) is 8.00. The number of rotatable bonds is 4. The number of piperidine rings is 1. The smallest absolute Gasteiger partial charge is 0.181 e. The minimum absolute atomic E-state index is 0.106. The molecule has 5 nitrogen and oxygen atoms in total. The van der Waals surface area contributed by atoms with E-state index in [1.807, 2.05) is 12.1 Å². The molecule has 1 aliphatic rings. The van der Waals surface area contributed by atoms with E-state index < -0.39 is 0 Å². The predicted molar refractivity (Wildman–Crippen MR) is 105 cm³/mol. The van der Waals surface area contributed by atoms with Crippen LogP contribution in [0.5, 0.6) is 0 Å². The summed E-state index contributed by atoms with van der Waals surface area (Å²) in [6.07, 6.45) is 5.23. The Hall–Kier alpha value is -2.27. The van der Waals surface area contributed by atoms with Gasteiger partial charge in [-0.1, -0.05) is 26.8 Å². The molecule has 26 heavy (non-hydrogen) atoms. The second-order valence-electron chi connectivity index (χ2n) is 8.18. The quantitative estimate of drug-likeness (QED) is 0.745. The Labute approximate surface area is 154 Å². The van der Waals surface area contributed by atoms with Crippen molar-refractivity contribution in [1.29, 1.82) is 0 Å². The average Bonchev–Trinajstić information content (AvgIpc) is 3.05. The minimum atomic E-state index is 0.106. The van der Waals surface area contributed by atoms with Gasteiger partial charge in [-0.2, -0.15) is 5.10 Å². The molecule has 0 spiro atoms. The Balaban J connectivity index is 1.67. The Morgan fingerprint density at radius 1 is 1.23 bits per heavy atom. The highest BCUT2D eigenvalue weighted by Gasteiger charge is 2.35. The van der Waals surface area contributed by atoms with E-state index in [0.29, 0.717) is 12.0 Å². The van der Waals surface area contributed by atoms with Gasteiger partial charge in [-0.15, -0.1) is 0 Å². The number of nitrogens with zero attached hydrogens (tertiary/aromatic N) is 3. The molecule has 1 saturated heterocycles. The summed E-state index contributed by atoms with van der Waals surface area (Å²) in [5, 5.41) is 12.1. The monoisotopic (exact) mass is 349 g/mol. The summed E-state index contributed by atoms with van der Waals surface area (Å²) in [4.78, 5) is 9.36. The van der Waals surface area contributed by atoms with Crippen LogP contribution in [-0.2, 0) is 5.41 Å². The van der Waals surface area contributed by atoms with E-state index in [9.17, 15) is 0 Å². The molecular weight excluding hydrogens is 322 g/mol. The molecule has 4 rings (SSSR count). The molecule has 5 heteroatoms. The Morgan fingerprint density at radius 3 is 2.96 bits per heavy atom. The molecule has 1 unspecified atom stereocenters. The van der Waals surface area contributed by atoms with Gasteiger partial charge in [-0.05, 0) is 56.0 Å². The van der Waals surface area contributed by atoms with Crippen LogP contribution >= 0.6 is 0 Å². The Morgan fingerprint density at radius 2 is 2.12 bits per heavy atom. The van der Waals surface area contributed by atoms with E-state index in [0.717, 1.165) is 41.8 Å². The van der Waals surface area contributed by atoms with Gasteiger partial charge in [0, 0.05) is 28.7 Å². The van der Waals surface area contributed by atoms with Gasteiger partial charge in [-0.25, -0.2) is 4.98 Å². The van der Waals surface area contributed by atoms with E-state index in [-0.39, 0.29) is 5.41 Å². The normalized spacial score (nSPS) is 23.6. The van der Waals surface area contributed by atoms with E-state index in [1.165, 1.54) is 12.1 Å². The van der Waals surface area contributed by atoms with Crippen LogP contribution in [0.3, 0.4) is 0 Å². The van der Waals surface area contributed by atoms with Crippen molar-refractivity contribution < 1.29 is 0 Å². The number of aromatic amines is 1. The number of hydrogen-bond donors (Lipinski definition) is 2. The zero-order valence-corrected chi connectivity index (χ0v) is 15.8. The SMILES string of the molecule is CC(C)C[C@@H]1CC(C)(c2cccc(-c3[nH]nc4ncccc34)n2)CCN1. The molecule has 4 heterocycles. The fourth-order valence-electron chi connectivity index (χ4n) is 4.19. The molecule has 0 amide bonds. The molecule has 2 atom stereocenters. The standard InChI is InChI=1S/C21H27N5/c1-14(2)12-15-13-21(3,9-11-22-15)18-8-4-7-17(24-18)19-16-6-5-10-23-20(16)26-25-19/h4-8,10,14-15,22H,9,11-13H2,1-3H3,(H,23,25,26)/t15-,21?/m1/s1. The van der Waals surface area contributed by atoms with Crippen molar-refractivity contribution in [1.82, 2.24) is 25.5 Å². The third-order valence-electron chi connectivity index (χ3n) is 5.52. The van der Waals surface area contributed by atoms with Crippen LogP contribution in [0.25, 0.3) is 22.4 Å². The van der Waals surface area contributed by atoms with Gasteiger partial charge in [0.2, 0.25) is 0 Å².